The lowest BCUT2D eigenvalue weighted by molar-refractivity contribution is -0.140. The van der Waals surface area contributed by atoms with Crippen LogP contribution in [0.15, 0.2) is 108 Å². The number of nitrogens with one attached hydrogen (secondary N) is 1. The molecule has 0 fully saturated rings. The Bertz CT molecular complexity index is 1720. The van der Waals surface area contributed by atoms with Crippen molar-refractivity contribution in [3.05, 3.63) is 125 Å². The maximum atomic E-state index is 14.4. The number of carbonyl (C=O) groups is 2. The van der Waals surface area contributed by atoms with E-state index in [4.69, 9.17) is 16.3 Å². The molecule has 0 radical (unpaired) electrons. The summed E-state index contributed by atoms with van der Waals surface area (Å²) in [7, 11) is -2.81. The first-order chi connectivity index (χ1) is 21.5. The lowest BCUT2D eigenvalue weighted by Crippen LogP contribution is -2.54. The summed E-state index contributed by atoms with van der Waals surface area (Å²) < 4.78 is 48.4. The minimum absolute atomic E-state index is 0.00817. The third kappa shape index (κ3) is 8.61. The molecule has 0 aliphatic rings. The molecule has 0 aliphatic carbocycles. The van der Waals surface area contributed by atoms with Crippen molar-refractivity contribution >= 4 is 39.1 Å². The van der Waals surface area contributed by atoms with Crippen molar-refractivity contribution in [3.8, 4) is 5.75 Å². The summed E-state index contributed by atoms with van der Waals surface area (Å²) in [5, 5.41) is 2.61. The summed E-state index contributed by atoms with van der Waals surface area (Å²) in [6, 6.07) is 26.1. The highest BCUT2D eigenvalue weighted by Crippen LogP contribution is 2.29. The third-order valence-corrected chi connectivity index (χ3v) is 9.07. The van der Waals surface area contributed by atoms with E-state index in [2.05, 4.69) is 5.32 Å². The first-order valence-corrected chi connectivity index (χ1v) is 16.1. The van der Waals surface area contributed by atoms with Crippen LogP contribution in [0.25, 0.3) is 0 Å². The monoisotopic (exact) mass is 651 g/mol. The molecule has 0 aliphatic heterocycles. The second-order valence-electron chi connectivity index (χ2n) is 10.7. The predicted molar refractivity (Wildman–Crippen MR) is 173 cm³/mol. The summed E-state index contributed by atoms with van der Waals surface area (Å²) in [6.07, 6.45) is 0.170. The summed E-state index contributed by atoms with van der Waals surface area (Å²) in [5.41, 5.74) is 1.47. The highest BCUT2D eigenvalue weighted by molar-refractivity contribution is 7.92. The Morgan fingerprint density at radius 3 is 2.16 bits per heavy atom. The normalized spacial score (nSPS) is 12.0. The fourth-order valence-corrected chi connectivity index (χ4v) is 6.39. The molecule has 1 N–H and O–H groups in total. The molecule has 1 atom stereocenters. The highest BCUT2D eigenvalue weighted by atomic mass is 35.5. The van der Waals surface area contributed by atoms with Gasteiger partial charge in [-0.25, -0.2) is 12.8 Å². The number of sulfonamides is 1. The van der Waals surface area contributed by atoms with E-state index in [0.29, 0.717) is 11.3 Å². The fourth-order valence-electron chi connectivity index (χ4n) is 4.79. The quantitative estimate of drug-likeness (QED) is 0.196. The molecule has 11 heteroatoms. The highest BCUT2D eigenvalue weighted by Gasteiger charge is 2.35. The standard InChI is InChI=1S/C34H35ClFN3O5S/c1-24(2)37-34(41)32(20-25-11-6-4-7-12-25)38(22-26-13-10-14-28(19-26)44-3)33(40)23-39(27-17-18-31(36)30(35)21-27)45(42,43)29-15-8-5-9-16-29/h4-19,21,24,32H,20,22-23H2,1-3H3,(H,37,41)/t32-/m0/s1. The van der Waals surface area contributed by atoms with Crippen LogP contribution in [0.2, 0.25) is 5.02 Å². The smallest absolute Gasteiger partial charge is 0.264 e. The lowest BCUT2D eigenvalue weighted by Gasteiger charge is -2.34. The van der Waals surface area contributed by atoms with Crippen LogP contribution in [-0.2, 0) is 32.6 Å². The molecule has 8 nitrogen and oxygen atoms in total. The molecule has 4 aromatic carbocycles. The Labute approximate surface area is 268 Å². The van der Waals surface area contributed by atoms with Gasteiger partial charge in [-0.2, -0.15) is 0 Å². The maximum absolute atomic E-state index is 14.4. The van der Waals surface area contributed by atoms with Crippen LogP contribution in [0.3, 0.4) is 0 Å². The molecule has 0 aromatic heterocycles. The van der Waals surface area contributed by atoms with Gasteiger partial charge in [0.2, 0.25) is 11.8 Å². The molecular weight excluding hydrogens is 617 g/mol. The van der Waals surface area contributed by atoms with E-state index in [0.717, 1.165) is 22.0 Å². The number of hydrogen-bond acceptors (Lipinski definition) is 5. The van der Waals surface area contributed by atoms with Crippen LogP contribution in [0.4, 0.5) is 10.1 Å². The van der Waals surface area contributed by atoms with Crippen LogP contribution in [0.1, 0.15) is 25.0 Å². The Balaban J connectivity index is 1.82. The molecule has 0 spiro atoms. The number of anilines is 1. The molecule has 0 bridgehead atoms. The van der Waals surface area contributed by atoms with Crippen molar-refractivity contribution in [1.82, 2.24) is 10.2 Å². The first kappa shape index (κ1) is 33.5. The van der Waals surface area contributed by atoms with Crippen LogP contribution in [0.5, 0.6) is 5.75 Å². The van der Waals surface area contributed by atoms with Crippen molar-refractivity contribution in [2.45, 2.75) is 43.8 Å². The summed E-state index contributed by atoms with van der Waals surface area (Å²) >= 11 is 6.06. The molecule has 236 valence electrons. The average molecular weight is 652 g/mol. The second-order valence-corrected chi connectivity index (χ2v) is 12.9. The summed E-state index contributed by atoms with van der Waals surface area (Å²) in [4.78, 5) is 29.5. The molecule has 2 amide bonds. The van der Waals surface area contributed by atoms with Crippen LogP contribution < -0.4 is 14.4 Å². The minimum atomic E-state index is -4.34. The molecule has 0 heterocycles. The number of hydrogen-bond donors (Lipinski definition) is 1. The molecule has 0 unspecified atom stereocenters. The minimum Gasteiger partial charge on any atom is -0.497 e. The molecule has 4 aromatic rings. The Kier molecular flexibility index (Phi) is 11.2. The van der Waals surface area contributed by atoms with Gasteiger partial charge in [0.05, 0.1) is 22.7 Å². The van der Waals surface area contributed by atoms with E-state index in [-0.39, 0.29) is 34.6 Å². The Hall–Kier alpha value is -4.41. The van der Waals surface area contributed by atoms with E-state index >= 15 is 0 Å². The number of ether oxygens (including phenoxy) is 1. The predicted octanol–water partition coefficient (Wildman–Crippen LogP) is 5.85. The van der Waals surface area contributed by atoms with Crippen molar-refractivity contribution < 1.29 is 27.1 Å². The largest absolute Gasteiger partial charge is 0.497 e. The van der Waals surface area contributed by atoms with E-state index in [1.165, 1.54) is 30.2 Å². The Morgan fingerprint density at radius 2 is 1.53 bits per heavy atom. The van der Waals surface area contributed by atoms with Gasteiger partial charge in [-0.3, -0.25) is 13.9 Å². The van der Waals surface area contributed by atoms with Crippen LogP contribution in [-0.4, -0.2) is 50.9 Å². The van der Waals surface area contributed by atoms with Crippen LogP contribution >= 0.6 is 11.6 Å². The van der Waals surface area contributed by atoms with E-state index in [1.54, 1.807) is 42.5 Å². The van der Waals surface area contributed by atoms with Crippen molar-refractivity contribution in [2.24, 2.45) is 0 Å². The topological polar surface area (TPSA) is 96.0 Å². The zero-order valence-electron chi connectivity index (χ0n) is 25.2. The van der Waals surface area contributed by atoms with Gasteiger partial charge in [-0.15, -0.1) is 0 Å². The summed E-state index contributed by atoms with van der Waals surface area (Å²) in [5.74, 6) is -1.23. The number of amides is 2. The molecular formula is C34H35ClFN3O5S. The van der Waals surface area contributed by atoms with E-state index in [9.17, 15) is 22.4 Å². The molecule has 4 rings (SSSR count). The molecule has 45 heavy (non-hydrogen) atoms. The van der Waals surface area contributed by atoms with Gasteiger partial charge in [0.1, 0.15) is 24.2 Å². The average Bonchev–Trinajstić information content (AvgIpc) is 3.03. The number of benzene rings is 4. The van der Waals surface area contributed by atoms with Crippen molar-refractivity contribution in [3.63, 3.8) is 0 Å². The third-order valence-electron chi connectivity index (χ3n) is 6.99. The lowest BCUT2D eigenvalue weighted by atomic mass is 10.0. The number of rotatable bonds is 13. The van der Waals surface area contributed by atoms with Crippen LogP contribution in [0, 0.1) is 5.82 Å². The van der Waals surface area contributed by atoms with Gasteiger partial charge < -0.3 is 15.0 Å². The van der Waals surface area contributed by atoms with Crippen molar-refractivity contribution in [1.29, 1.82) is 0 Å². The number of carbonyl (C=O) groups excluding carboxylic acids is 2. The zero-order chi connectivity index (χ0) is 32.6. The van der Waals surface area contributed by atoms with Crippen molar-refractivity contribution in [2.75, 3.05) is 18.0 Å². The number of halogens is 2. The molecule has 0 saturated heterocycles. The second kappa shape index (κ2) is 15.0. The maximum Gasteiger partial charge on any atom is 0.264 e. The fraction of sp³-hybridized carbons (Fsp3) is 0.235. The van der Waals surface area contributed by atoms with E-state index < -0.39 is 40.2 Å². The van der Waals surface area contributed by atoms with Gasteiger partial charge in [0.15, 0.2) is 0 Å². The SMILES string of the molecule is COc1cccc(CN(C(=O)CN(c2ccc(F)c(Cl)c2)S(=O)(=O)c2ccccc2)[C@@H](Cc2ccccc2)C(=O)NC(C)C)c1. The number of nitrogens with zero attached hydrogens (tertiary/aromatic N) is 2. The zero-order valence-corrected chi connectivity index (χ0v) is 26.8. The van der Waals surface area contributed by atoms with Gasteiger partial charge in [-0.05, 0) is 67.4 Å². The van der Waals surface area contributed by atoms with Gasteiger partial charge in [0, 0.05) is 19.0 Å². The number of methoxy groups -OCH3 is 1. The van der Waals surface area contributed by atoms with E-state index in [1.807, 2.05) is 44.2 Å². The van der Waals surface area contributed by atoms with Gasteiger partial charge >= 0.3 is 0 Å². The Morgan fingerprint density at radius 1 is 0.889 bits per heavy atom. The molecule has 0 saturated carbocycles. The summed E-state index contributed by atoms with van der Waals surface area (Å²) in [6.45, 7) is 2.92. The first-order valence-electron chi connectivity index (χ1n) is 14.3. The van der Waals surface area contributed by atoms with Gasteiger partial charge in [0.25, 0.3) is 10.0 Å². The van der Waals surface area contributed by atoms with Gasteiger partial charge in [-0.1, -0.05) is 72.3 Å².